The summed E-state index contributed by atoms with van der Waals surface area (Å²) in [5.74, 6) is 3.41. The van der Waals surface area contributed by atoms with Crippen LogP contribution in [0.2, 0.25) is 0 Å². The molecule has 2 saturated carbocycles. The molecule has 180 valence electrons. The van der Waals surface area contributed by atoms with E-state index in [0.717, 1.165) is 42.7 Å². The zero-order chi connectivity index (χ0) is 22.6. The Bertz CT molecular complexity index is 640. The maximum absolute atomic E-state index is 12.5. The first-order valence-corrected chi connectivity index (χ1v) is 13.8. The Hall–Kier alpha value is -1.38. The fourth-order valence-corrected chi connectivity index (χ4v) is 5.88. The summed E-state index contributed by atoms with van der Waals surface area (Å²) in [5, 5.41) is 0. The number of hydrogen-bond donors (Lipinski definition) is 0. The van der Waals surface area contributed by atoms with Gasteiger partial charge in [-0.2, -0.15) is 0 Å². The van der Waals surface area contributed by atoms with Gasteiger partial charge in [-0.25, -0.2) is 0 Å². The number of unbranched alkanes of at least 4 members (excludes halogenated alkanes) is 4. The van der Waals surface area contributed by atoms with Crippen LogP contribution in [0, 0.1) is 23.7 Å². The monoisotopic (exact) mass is 441 g/mol. The molecule has 0 saturated heterocycles. The van der Waals surface area contributed by atoms with Crippen molar-refractivity contribution in [2.75, 3.05) is 0 Å². The van der Waals surface area contributed by atoms with Crippen LogP contribution in [-0.2, 0) is 11.2 Å². The molecule has 0 radical (unpaired) electrons. The summed E-state index contributed by atoms with van der Waals surface area (Å²) in [6.45, 7) is 4.38. The predicted octanol–water partition coefficient (Wildman–Crippen LogP) is 8.30. The fraction of sp³-hybridized carbons (Fsp3) is 0.793. The number of pyridine rings is 1. The van der Waals surface area contributed by atoms with Gasteiger partial charge < -0.3 is 4.74 Å². The second kappa shape index (κ2) is 14.0. The van der Waals surface area contributed by atoms with Gasteiger partial charge in [0.15, 0.2) is 0 Å². The van der Waals surface area contributed by atoms with Crippen molar-refractivity contribution in [1.82, 2.24) is 4.98 Å². The molecule has 32 heavy (non-hydrogen) atoms. The van der Waals surface area contributed by atoms with Gasteiger partial charge in [-0.15, -0.1) is 0 Å². The van der Waals surface area contributed by atoms with Crippen molar-refractivity contribution in [3.8, 4) is 5.75 Å². The number of carbonyl (C=O) groups excluding carboxylic acids is 1. The van der Waals surface area contributed by atoms with E-state index in [4.69, 9.17) is 4.74 Å². The summed E-state index contributed by atoms with van der Waals surface area (Å²) in [7, 11) is 0. The number of aromatic nitrogens is 1. The van der Waals surface area contributed by atoms with Crippen molar-refractivity contribution in [1.29, 1.82) is 0 Å². The highest BCUT2D eigenvalue weighted by Gasteiger charge is 2.29. The quantitative estimate of drug-likeness (QED) is 0.242. The topological polar surface area (TPSA) is 39.2 Å². The zero-order valence-electron chi connectivity index (χ0n) is 20.8. The molecule has 1 aromatic rings. The molecular weight excluding hydrogens is 394 g/mol. The Kier molecular flexibility index (Phi) is 11.1. The molecule has 0 atom stereocenters. The highest BCUT2D eigenvalue weighted by molar-refractivity contribution is 5.75. The van der Waals surface area contributed by atoms with E-state index in [9.17, 15) is 4.79 Å². The van der Waals surface area contributed by atoms with E-state index in [0.29, 0.717) is 5.75 Å². The second-order valence-corrected chi connectivity index (χ2v) is 10.6. The van der Waals surface area contributed by atoms with E-state index < -0.39 is 0 Å². The van der Waals surface area contributed by atoms with Crippen molar-refractivity contribution < 1.29 is 9.53 Å². The smallest absolute Gasteiger partial charge is 0.314 e. The third-order valence-corrected chi connectivity index (χ3v) is 8.22. The van der Waals surface area contributed by atoms with Crippen molar-refractivity contribution in [2.45, 2.75) is 123 Å². The van der Waals surface area contributed by atoms with Gasteiger partial charge in [0.2, 0.25) is 0 Å². The van der Waals surface area contributed by atoms with E-state index >= 15 is 0 Å². The molecular formula is C29H47NO2. The molecule has 3 nitrogen and oxygen atoms in total. The molecule has 0 spiro atoms. The summed E-state index contributed by atoms with van der Waals surface area (Å²) in [6, 6.07) is 3.82. The Morgan fingerprint density at radius 2 is 1.41 bits per heavy atom. The van der Waals surface area contributed by atoms with Gasteiger partial charge in [-0.1, -0.05) is 90.9 Å². The lowest BCUT2D eigenvalue weighted by Gasteiger charge is -2.31. The second-order valence-electron chi connectivity index (χ2n) is 10.6. The van der Waals surface area contributed by atoms with Gasteiger partial charge in [0.25, 0.3) is 0 Å². The Morgan fingerprint density at radius 3 is 1.97 bits per heavy atom. The SMILES string of the molecule is CCCCCCCC1CCC(CCC2CCC(C(=O)Oc3ccc(CC)nc3)CC2)CC1. The van der Waals surface area contributed by atoms with E-state index in [1.54, 1.807) is 6.20 Å². The van der Waals surface area contributed by atoms with Crippen LogP contribution in [-0.4, -0.2) is 11.0 Å². The molecule has 2 aliphatic carbocycles. The molecule has 0 aliphatic heterocycles. The first-order chi connectivity index (χ1) is 15.7. The zero-order valence-corrected chi connectivity index (χ0v) is 20.8. The molecule has 2 fully saturated rings. The van der Waals surface area contributed by atoms with Crippen molar-refractivity contribution >= 4 is 5.97 Å². The van der Waals surface area contributed by atoms with Crippen LogP contribution in [0.4, 0.5) is 0 Å². The highest BCUT2D eigenvalue weighted by atomic mass is 16.5. The number of ether oxygens (including phenoxy) is 1. The lowest BCUT2D eigenvalue weighted by molar-refractivity contribution is -0.140. The Labute approximate surface area is 197 Å². The summed E-state index contributed by atoms with van der Waals surface area (Å²) in [5.41, 5.74) is 1.03. The highest BCUT2D eigenvalue weighted by Crippen LogP contribution is 2.38. The van der Waals surface area contributed by atoms with Crippen LogP contribution >= 0.6 is 0 Å². The first-order valence-electron chi connectivity index (χ1n) is 13.8. The number of carbonyl (C=O) groups is 1. The standard InChI is InChI=1S/C29H47NO2/c1-3-5-6-7-8-9-23-10-12-24(13-11-23)14-15-25-16-18-26(19-17-25)29(31)32-28-21-20-27(4-2)30-22-28/h20-26H,3-19H2,1-2H3. The number of esters is 1. The van der Waals surface area contributed by atoms with Gasteiger partial charge in [-0.05, 0) is 62.0 Å². The maximum atomic E-state index is 12.5. The van der Waals surface area contributed by atoms with Crippen LogP contribution in [0.25, 0.3) is 0 Å². The molecule has 1 heterocycles. The summed E-state index contributed by atoms with van der Waals surface area (Å²) >= 11 is 0. The van der Waals surface area contributed by atoms with Crippen molar-refractivity contribution in [2.24, 2.45) is 23.7 Å². The molecule has 3 rings (SSSR count). The van der Waals surface area contributed by atoms with Gasteiger partial charge in [0.05, 0.1) is 12.1 Å². The van der Waals surface area contributed by atoms with Crippen LogP contribution in [0.1, 0.15) is 122 Å². The molecule has 3 heteroatoms. The third-order valence-electron chi connectivity index (χ3n) is 8.22. The number of nitrogens with zero attached hydrogens (tertiary/aromatic N) is 1. The van der Waals surface area contributed by atoms with E-state index in [1.165, 1.54) is 89.9 Å². The van der Waals surface area contributed by atoms with Crippen LogP contribution < -0.4 is 4.74 Å². The molecule has 2 aliphatic rings. The van der Waals surface area contributed by atoms with Crippen molar-refractivity contribution in [3.05, 3.63) is 24.0 Å². The largest absolute Gasteiger partial charge is 0.425 e. The van der Waals surface area contributed by atoms with Gasteiger partial charge >= 0.3 is 5.97 Å². The molecule has 0 unspecified atom stereocenters. The number of aryl methyl sites for hydroxylation is 1. The summed E-state index contributed by atoms with van der Waals surface area (Å²) in [6.07, 6.45) is 24.2. The molecule has 0 N–H and O–H groups in total. The average Bonchev–Trinajstić information content (AvgIpc) is 2.84. The maximum Gasteiger partial charge on any atom is 0.314 e. The van der Waals surface area contributed by atoms with E-state index in [1.807, 2.05) is 12.1 Å². The normalized spacial score (nSPS) is 26.1. The minimum atomic E-state index is -0.0532. The van der Waals surface area contributed by atoms with Gasteiger partial charge in [0, 0.05) is 5.69 Å². The predicted molar refractivity (Wildman–Crippen MR) is 133 cm³/mol. The molecule has 0 amide bonds. The Balaban J connectivity index is 1.26. The molecule has 1 aromatic heterocycles. The van der Waals surface area contributed by atoms with E-state index in [-0.39, 0.29) is 11.9 Å². The fourth-order valence-electron chi connectivity index (χ4n) is 5.88. The van der Waals surface area contributed by atoms with Crippen LogP contribution in [0.3, 0.4) is 0 Å². The number of rotatable bonds is 12. The lowest BCUT2D eigenvalue weighted by Crippen LogP contribution is -2.26. The Morgan fingerprint density at radius 1 is 0.812 bits per heavy atom. The van der Waals surface area contributed by atoms with Crippen LogP contribution in [0.15, 0.2) is 18.3 Å². The number of hydrogen-bond acceptors (Lipinski definition) is 3. The average molecular weight is 442 g/mol. The summed E-state index contributed by atoms with van der Waals surface area (Å²) in [4.78, 5) is 16.9. The molecule has 0 bridgehead atoms. The minimum Gasteiger partial charge on any atom is -0.425 e. The van der Waals surface area contributed by atoms with Crippen molar-refractivity contribution in [3.63, 3.8) is 0 Å². The lowest BCUT2D eigenvalue weighted by atomic mass is 9.75. The van der Waals surface area contributed by atoms with E-state index in [2.05, 4.69) is 18.8 Å². The third kappa shape index (κ3) is 8.52. The molecule has 0 aromatic carbocycles. The van der Waals surface area contributed by atoms with Crippen LogP contribution in [0.5, 0.6) is 5.75 Å². The van der Waals surface area contributed by atoms with Gasteiger partial charge in [-0.3, -0.25) is 9.78 Å². The summed E-state index contributed by atoms with van der Waals surface area (Å²) < 4.78 is 5.60. The first kappa shape index (κ1) is 25.2. The van der Waals surface area contributed by atoms with Gasteiger partial charge in [0.1, 0.15) is 5.75 Å². The minimum absolute atomic E-state index is 0.0532.